The Morgan fingerprint density at radius 3 is 2.19 bits per heavy atom. The third kappa shape index (κ3) is 11.3. The first kappa shape index (κ1) is 52.0. The van der Waals surface area contributed by atoms with Crippen LogP contribution in [0.5, 0.6) is 34.5 Å². The van der Waals surface area contributed by atoms with Gasteiger partial charge in [0.1, 0.15) is 23.9 Å². The van der Waals surface area contributed by atoms with Crippen molar-refractivity contribution in [2.75, 3.05) is 67.1 Å². The van der Waals surface area contributed by atoms with Crippen molar-refractivity contribution in [2.24, 2.45) is 0 Å². The van der Waals surface area contributed by atoms with Crippen molar-refractivity contribution in [2.45, 2.75) is 82.4 Å². The molecule has 0 aromatic heterocycles. The zero-order valence-electron chi connectivity index (χ0n) is 41.3. The molecule has 0 spiro atoms. The molecule has 2 saturated heterocycles. The Kier molecular flexibility index (Phi) is 17.2. The first-order valence-corrected chi connectivity index (χ1v) is 23.9. The van der Waals surface area contributed by atoms with Crippen LogP contribution < -0.4 is 44.4 Å². The van der Waals surface area contributed by atoms with Gasteiger partial charge in [0, 0.05) is 37.3 Å². The lowest BCUT2D eigenvalue weighted by Gasteiger charge is -2.37. The lowest BCUT2D eigenvalue weighted by molar-refractivity contribution is -0.162. The Morgan fingerprint density at radius 1 is 0.764 bits per heavy atom. The van der Waals surface area contributed by atoms with Gasteiger partial charge >= 0.3 is 5.97 Å². The number of piperidine rings is 2. The quantitative estimate of drug-likeness (QED) is 0.0500. The molecule has 0 saturated carbocycles. The van der Waals surface area contributed by atoms with Crippen LogP contribution in [0, 0.1) is 0 Å². The van der Waals surface area contributed by atoms with Crippen LogP contribution in [0.25, 0.3) is 0 Å². The highest BCUT2D eigenvalue weighted by Gasteiger charge is 2.46. The predicted octanol–water partition coefficient (Wildman–Crippen LogP) is 5.53. The summed E-state index contributed by atoms with van der Waals surface area (Å²) in [7, 11) is 7.64. The standard InChI is InChI=1S/C53H61N5O14/c1-7-33(32-28-43(68-4)48(70-6)44(29-32)69-5)50(62)57-26-11-10-16-38(57)53(65)72-40(21-18-31-19-22-41(66-2)42(27-31)67-3)34-13-8-9-17-39(34)71-30-46(60)55-25-24-54-36-15-12-14-35-47(36)52(64)58(51(35)63)37-20-23-45(59)56-49(37)61/h8-9,12-15,17,19,22,27-29,33,37-38,40,54H,7,10-11,16,18,20-21,23-26,30H2,1-6H3,(H,55,60)(H,56,59,61)/t33-,37?,38+,40+/m0/s1. The number of nitrogens with one attached hydrogen (secondary N) is 3. The van der Waals surface area contributed by atoms with E-state index in [2.05, 4.69) is 16.0 Å². The average Bonchev–Trinajstić information content (AvgIpc) is 3.66. The second kappa shape index (κ2) is 23.9. The van der Waals surface area contributed by atoms with E-state index in [9.17, 15) is 33.6 Å². The van der Waals surface area contributed by atoms with Gasteiger partial charge in [-0.3, -0.25) is 39.0 Å². The Labute approximate surface area is 417 Å². The summed E-state index contributed by atoms with van der Waals surface area (Å²) in [5, 5.41) is 8.09. The van der Waals surface area contributed by atoms with Gasteiger partial charge in [-0.05, 0) is 98.5 Å². The molecule has 3 aliphatic rings. The van der Waals surface area contributed by atoms with Crippen molar-refractivity contribution in [3.05, 3.63) is 101 Å². The number of anilines is 1. The molecule has 4 atom stereocenters. The third-order valence-corrected chi connectivity index (χ3v) is 13.1. The average molecular weight is 992 g/mol. The molecule has 3 N–H and O–H groups in total. The van der Waals surface area contributed by atoms with Crippen molar-refractivity contribution in [1.29, 1.82) is 0 Å². The number of hydrogen-bond acceptors (Lipinski definition) is 15. The monoisotopic (exact) mass is 991 g/mol. The van der Waals surface area contributed by atoms with E-state index >= 15 is 0 Å². The SMILES string of the molecule is CC[C@H](C(=O)N1CCCC[C@@H]1C(=O)O[C@H](CCc1ccc(OC)c(OC)c1)c1ccccc1OCC(=O)NCCNc1cccc2c1C(=O)N(C1CCC(=O)NC1=O)C2=O)c1cc(OC)c(OC)c(OC)c1. The topological polar surface area (TPSA) is 227 Å². The number of benzene rings is 4. The molecule has 7 rings (SSSR count). The van der Waals surface area contributed by atoms with Crippen molar-refractivity contribution in [3.8, 4) is 34.5 Å². The van der Waals surface area contributed by atoms with E-state index in [4.69, 9.17) is 33.2 Å². The number of fused-ring (bicyclic) bond motifs is 1. The van der Waals surface area contributed by atoms with Crippen molar-refractivity contribution >= 4 is 47.1 Å². The summed E-state index contributed by atoms with van der Waals surface area (Å²) in [6.45, 7) is 2.13. The number of rotatable bonds is 22. The number of imide groups is 2. The van der Waals surface area contributed by atoms with Crippen LogP contribution in [0.2, 0.25) is 0 Å². The minimum atomic E-state index is -1.10. The number of ether oxygens (including phenoxy) is 7. The van der Waals surface area contributed by atoms with Crippen LogP contribution >= 0.6 is 0 Å². The summed E-state index contributed by atoms with van der Waals surface area (Å²) in [5.74, 6) is -1.72. The van der Waals surface area contributed by atoms with Crippen molar-refractivity contribution < 1.29 is 66.7 Å². The summed E-state index contributed by atoms with van der Waals surface area (Å²) < 4.78 is 40.3. The minimum Gasteiger partial charge on any atom is -0.493 e. The van der Waals surface area contributed by atoms with Crippen LogP contribution in [0.3, 0.4) is 0 Å². The fraction of sp³-hybridized carbons (Fsp3) is 0.415. The normalized spacial score (nSPS) is 17.2. The third-order valence-electron chi connectivity index (χ3n) is 13.1. The van der Waals surface area contributed by atoms with Gasteiger partial charge in [-0.25, -0.2) is 4.79 Å². The molecule has 3 aliphatic heterocycles. The van der Waals surface area contributed by atoms with E-state index in [0.717, 1.165) is 10.5 Å². The number of carbonyl (C=O) groups excluding carboxylic acids is 7. The number of esters is 1. The van der Waals surface area contributed by atoms with Crippen LogP contribution in [0.15, 0.2) is 72.8 Å². The van der Waals surface area contributed by atoms with Crippen LogP contribution in [0.1, 0.15) is 101 Å². The maximum atomic E-state index is 14.6. The highest BCUT2D eigenvalue weighted by Crippen LogP contribution is 2.42. The molecule has 0 aliphatic carbocycles. The number of amides is 6. The summed E-state index contributed by atoms with van der Waals surface area (Å²) in [6, 6.07) is 18.8. The molecule has 0 radical (unpaired) electrons. The second-order valence-electron chi connectivity index (χ2n) is 17.4. The van der Waals surface area contributed by atoms with Gasteiger partial charge in [-0.15, -0.1) is 0 Å². The molecule has 19 nitrogen and oxygen atoms in total. The maximum Gasteiger partial charge on any atom is 0.329 e. The molecule has 72 heavy (non-hydrogen) atoms. The number of para-hydroxylation sites is 1. The molecule has 3 heterocycles. The molecule has 4 aromatic rings. The van der Waals surface area contributed by atoms with Crippen molar-refractivity contribution in [1.82, 2.24) is 20.4 Å². The van der Waals surface area contributed by atoms with Crippen LogP contribution in [0.4, 0.5) is 5.69 Å². The molecule has 6 amide bonds. The molecular weight excluding hydrogens is 931 g/mol. The molecule has 2 fully saturated rings. The molecule has 382 valence electrons. The summed E-state index contributed by atoms with van der Waals surface area (Å²) in [6.07, 6.45) is 2.14. The number of likely N-dealkylation sites (tertiary alicyclic amines) is 1. The largest absolute Gasteiger partial charge is 0.493 e. The molecule has 0 bridgehead atoms. The molecule has 19 heteroatoms. The van der Waals surface area contributed by atoms with Crippen LogP contribution in [-0.2, 0) is 35.1 Å². The summed E-state index contributed by atoms with van der Waals surface area (Å²) in [5.41, 5.74) is 2.63. The van der Waals surface area contributed by atoms with Crippen LogP contribution in [-0.4, -0.2) is 125 Å². The molecular formula is C53H61N5O14. The number of hydrogen-bond donors (Lipinski definition) is 3. The fourth-order valence-corrected chi connectivity index (χ4v) is 9.46. The Bertz CT molecular complexity index is 2670. The van der Waals surface area contributed by atoms with E-state index in [0.29, 0.717) is 96.4 Å². The van der Waals surface area contributed by atoms with Gasteiger partial charge in [0.2, 0.25) is 23.5 Å². The lowest BCUT2D eigenvalue weighted by atomic mass is 9.91. The minimum absolute atomic E-state index is 0.00187. The Balaban J connectivity index is 1.04. The highest BCUT2D eigenvalue weighted by atomic mass is 16.6. The summed E-state index contributed by atoms with van der Waals surface area (Å²) >= 11 is 0. The fourth-order valence-electron chi connectivity index (χ4n) is 9.46. The highest BCUT2D eigenvalue weighted by molar-refractivity contribution is 6.25. The number of nitrogens with zero attached hydrogens (tertiary/aromatic N) is 2. The predicted molar refractivity (Wildman–Crippen MR) is 262 cm³/mol. The molecule has 4 aromatic carbocycles. The Morgan fingerprint density at radius 2 is 1.50 bits per heavy atom. The summed E-state index contributed by atoms with van der Waals surface area (Å²) in [4.78, 5) is 96.0. The second-order valence-corrected chi connectivity index (χ2v) is 17.4. The van der Waals surface area contributed by atoms with E-state index in [1.54, 1.807) is 73.7 Å². The zero-order chi connectivity index (χ0) is 51.5. The first-order valence-electron chi connectivity index (χ1n) is 23.9. The number of methoxy groups -OCH3 is 5. The lowest BCUT2D eigenvalue weighted by Crippen LogP contribution is -2.54. The maximum absolute atomic E-state index is 14.6. The van der Waals surface area contributed by atoms with E-state index in [1.807, 2.05) is 19.1 Å². The number of aryl methyl sites for hydroxylation is 1. The number of carbonyl (C=O) groups is 7. The first-order chi connectivity index (χ1) is 34.8. The van der Waals surface area contributed by atoms with Gasteiger partial charge in [0.15, 0.2) is 29.6 Å². The van der Waals surface area contributed by atoms with Crippen molar-refractivity contribution in [3.63, 3.8) is 0 Å². The van der Waals surface area contributed by atoms with Gasteiger partial charge in [0.05, 0.1) is 52.6 Å². The van der Waals surface area contributed by atoms with E-state index in [-0.39, 0.29) is 43.0 Å². The van der Waals surface area contributed by atoms with Gasteiger partial charge in [-0.1, -0.05) is 37.3 Å². The van der Waals surface area contributed by atoms with Gasteiger partial charge < -0.3 is 48.7 Å². The smallest absolute Gasteiger partial charge is 0.329 e. The van der Waals surface area contributed by atoms with Gasteiger partial charge in [0.25, 0.3) is 17.7 Å². The van der Waals surface area contributed by atoms with Gasteiger partial charge in [-0.2, -0.15) is 0 Å². The zero-order valence-corrected chi connectivity index (χ0v) is 41.3. The molecule has 1 unspecified atom stereocenters. The Hall–Kier alpha value is -7.83. The van der Waals surface area contributed by atoms with E-state index in [1.165, 1.54) is 27.4 Å². The van der Waals surface area contributed by atoms with E-state index < -0.39 is 66.2 Å².